The molecule has 0 aromatic carbocycles. The van der Waals surface area contributed by atoms with Gasteiger partial charge >= 0.3 is 0 Å². The lowest BCUT2D eigenvalue weighted by Gasteiger charge is -2.17. The van der Waals surface area contributed by atoms with Gasteiger partial charge in [-0.3, -0.25) is 14.3 Å². The SMILES string of the molecule is CC(C)c1cc(CN2CCCn3nc([C@@H](O)c4ccnn4C)cc3C2)no1. The van der Waals surface area contributed by atoms with Crippen LogP contribution in [-0.2, 0) is 26.7 Å². The van der Waals surface area contributed by atoms with E-state index < -0.39 is 6.10 Å². The van der Waals surface area contributed by atoms with Crippen LogP contribution in [-0.4, -0.2) is 41.3 Å². The molecule has 0 saturated heterocycles. The van der Waals surface area contributed by atoms with Crippen LogP contribution < -0.4 is 0 Å². The quantitative estimate of drug-likeness (QED) is 0.741. The minimum absolute atomic E-state index is 0.341. The molecular formula is C19H26N6O2. The Morgan fingerprint density at radius 3 is 2.81 bits per heavy atom. The lowest BCUT2D eigenvalue weighted by atomic mass is 10.1. The van der Waals surface area contributed by atoms with Crippen molar-refractivity contribution in [2.75, 3.05) is 6.54 Å². The van der Waals surface area contributed by atoms with E-state index >= 15 is 0 Å². The maximum atomic E-state index is 10.7. The Balaban J connectivity index is 1.50. The predicted octanol–water partition coefficient (Wildman–Crippen LogP) is 2.22. The van der Waals surface area contributed by atoms with Crippen LogP contribution in [0.4, 0.5) is 0 Å². The van der Waals surface area contributed by atoms with Gasteiger partial charge in [-0.05, 0) is 18.6 Å². The second kappa shape index (κ2) is 7.28. The number of rotatable bonds is 5. The van der Waals surface area contributed by atoms with Crippen molar-refractivity contribution in [2.45, 2.75) is 51.9 Å². The van der Waals surface area contributed by atoms with Crippen molar-refractivity contribution >= 4 is 0 Å². The Morgan fingerprint density at radius 1 is 1.26 bits per heavy atom. The Labute approximate surface area is 158 Å². The first-order valence-corrected chi connectivity index (χ1v) is 9.41. The van der Waals surface area contributed by atoms with Gasteiger partial charge in [0.2, 0.25) is 0 Å². The van der Waals surface area contributed by atoms with E-state index in [1.165, 1.54) is 0 Å². The monoisotopic (exact) mass is 370 g/mol. The second-order valence-corrected chi connectivity index (χ2v) is 7.51. The Bertz CT molecular complexity index is 909. The summed E-state index contributed by atoms with van der Waals surface area (Å²) in [5.74, 6) is 1.26. The molecule has 144 valence electrons. The van der Waals surface area contributed by atoms with E-state index in [0.29, 0.717) is 11.6 Å². The van der Waals surface area contributed by atoms with Crippen molar-refractivity contribution in [2.24, 2.45) is 7.05 Å². The molecule has 4 heterocycles. The Hall–Kier alpha value is -2.45. The molecule has 0 radical (unpaired) electrons. The molecule has 1 N–H and O–H groups in total. The average Bonchev–Trinajstić information content (AvgIpc) is 3.33. The summed E-state index contributed by atoms with van der Waals surface area (Å²) in [7, 11) is 1.82. The van der Waals surface area contributed by atoms with Gasteiger partial charge in [-0.1, -0.05) is 19.0 Å². The summed E-state index contributed by atoms with van der Waals surface area (Å²) < 4.78 is 9.11. The smallest absolute Gasteiger partial charge is 0.139 e. The van der Waals surface area contributed by atoms with Gasteiger partial charge in [0.15, 0.2) is 0 Å². The zero-order chi connectivity index (χ0) is 19.0. The zero-order valence-corrected chi connectivity index (χ0v) is 16.0. The van der Waals surface area contributed by atoms with Crippen molar-refractivity contribution in [3.05, 3.63) is 52.9 Å². The van der Waals surface area contributed by atoms with Gasteiger partial charge in [0.1, 0.15) is 11.9 Å². The summed E-state index contributed by atoms with van der Waals surface area (Å²) in [4.78, 5) is 2.35. The van der Waals surface area contributed by atoms with Crippen molar-refractivity contribution < 1.29 is 9.63 Å². The van der Waals surface area contributed by atoms with Crippen LogP contribution in [0.2, 0.25) is 0 Å². The molecule has 0 fully saturated rings. The topological polar surface area (TPSA) is 85.1 Å². The molecule has 1 aliphatic rings. The number of nitrogens with zero attached hydrogens (tertiary/aromatic N) is 6. The van der Waals surface area contributed by atoms with Crippen LogP contribution in [0.15, 0.2) is 28.9 Å². The van der Waals surface area contributed by atoms with Gasteiger partial charge in [-0.2, -0.15) is 10.2 Å². The molecule has 4 rings (SSSR count). The lowest BCUT2D eigenvalue weighted by Crippen LogP contribution is -2.22. The van der Waals surface area contributed by atoms with Gasteiger partial charge in [0, 0.05) is 51.4 Å². The third kappa shape index (κ3) is 3.68. The van der Waals surface area contributed by atoms with Gasteiger partial charge in [-0.15, -0.1) is 0 Å². The number of aromatic nitrogens is 5. The van der Waals surface area contributed by atoms with E-state index in [2.05, 4.69) is 34.1 Å². The van der Waals surface area contributed by atoms with Crippen molar-refractivity contribution in [3.63, 3.8) is 0 Å². The standard InChI is InChI=1S/C19H26N6O2/c1-13(2)18-9-14(22-27-18)11-24-7-4-8-25-15(12-24)10-16(21-25)19(26)17-5-6-20-23(17)3/h5-6,9-10,13,19,26H,4,7-8,11-12H2,1-3H3/t19-/m1/s1. The summed E-state index contributed by atoms with van der Waals surface area (Å²) in [6, 6.07) is 5.86. The van der Waals surface area contributed by atoms with Crippen molar-refractivity contribution in [1.82, 2.24) is 29.6 Å². The highest BCUT2D eigenvalue weighted by Crippen LogP contribution is 2.24. The lowest BCUT2D eigenvalue weighted by molar-refractivity contribution is 0.203. The van der Waals surface area contributed by atoms with Crippen LogP contribution in [0.5, 0.6) is 0 Å². The van der Waals surface area contributed by atoms with Crippen LogP contribution in [0.25, 0.3) is 0 Å². The highest BCUT2D eigenvalue weighted by atomic mass is 16.5. The molecule has 0 saturated carbocycles. The first-order valence-electron chi connectivity index (χ1n) is 9.41. The van der Waals surface area contributed by atoms with E-state index in [9.17, 15) is 5.11 Å². The Kier molecular flexibility index (Phi) is 4.84. The van der Waals surface area contributed by atoms with Crippen LogP contribution in [0, 0.1) is 0 Å². The predicted molar refractivity (Wildman–Crippen MR) is 98.8 cm³/mol. The van der Waals surface area contributed by atoms with E-state index in [1.54, 1.807) is 10.9 Å². The Morgan fingerprint density at radius 2 is 2.11 bits per heavy atom. The molecule has 0 amide bonds. The summed E-state index contributed by atoms with van der Waals surface area (Å²) >= 11 is 0. The maximum Gasteiger partial charge on any atom is 0.139 e. The number of hydrogen-bond donors (Lipinski definition) is 1. The zero-order valence-electron chi connectivity index (χ0n) is 16.0. The van der Waals surface area contributed by atoms with Gasteiger partial charge in [0.05, 0.1) is 22.8 Å². The third-order valence-corrected chi connectivity index (χ3v) is 5.06. The van der Waals surface area contributed by atoms with E-state index in [4.69, 9.17) is 4.52 Å². The molecule has 0 aliphatic carbocycles. The van der Waals surface area contributed by atoms with Gasteiger partial charge in [0.25, 0.3) is 0 Å². The number of hydrogen-bond acceptors (Lipinski definition) is 6. The largest absolute Gasteiger partial charge is 0.380 e. The number of aliphatic hydroxyl groups is 1. The molecule has 0 bridgehead atoms. The van der Waals surface area contributed by atoms with Crippen LogP contribution >= 0.6 is 0 Å². The van der Waals surface area contributed by atoms with E-state index in [-0.39, 0.29) is 0 Å². The fraction of sp³-hybridized carbons (Fsp3) is 0.526. The summed E-state index contributed by atoms with van der Waals surface area (Å²) in [6.45, 7) is 7.55. The molecule has 3 aromatic rings. The van der Waals surface area contributed by atoms with E-state index in [1.807, 2.05) is 29.9 Å². The summed E-state index contributed by atoms with van der Waals surface area (Å²) in [5, 5.41) is 23.6. The normalized spacial score (nSPS) is 16.5. The highest BCUT2D eigenvalue weighted by molar-refractivity contribution is 5.22. The first kappa shape index (κ1) is 17.9. The fourth-order valence-electron chi connectivity index (χ4n) is 3.53. The summed E-state index contributed by atoms with van der Waals surface area (Å²) in [5.41, 5.74) is 3.47. The fourth-order valence-corrected chi connectivity index (χ4v) is 3.53. The highest BCUT2D eigenvalue weighted by Gasteiger charge is 2.23. The molecule has 8 nitrogen and oxygen atoms in total. The maximum absolute atomic E-state index is 10.7. The van der Waals surface area contributed by atoms with Crippen molar-refractivity contribution in [1.29, 1.82) is 0 Å². The first-order chi connectivity index (χ1) is 13.0. The molecule has 0 spiro atoms. The van der Waals surface area contributed by atoms with Crippen molar-refractivity contribution in [3.8, 4) is 0 Å². The van der Waals surface area contributed by atoms with Crippen LogP contribution in [0.3, 0.4) is 0 Å². The number of aryl methyl sites for hydroxylation is 2. The molecule has 27 heavy (non-hydrogen) atoms. The van der Waals surface area contributed by atoms with Crippen LogP contribution in [0.1, 0.15) is 60.8 Å². The minimum Gasteiger partial charge on any atom is -0.380 e. The molecular weight excluding hydrogens is 344 g/mol. The molecule has 1 aliphatic heterocycles. The minimum atomic E-state index is -0.769. The average molecular weight is 370 g/mol. The molecule has 8 heteroatoms. The van der Waals surface area contributed by atoms with E-state index in [0.717, 1.165) is 55.4 Å². The molecule has 1 atom stereocenters. The summed E-state index contributed by atoms with van der Waals surface area (Å²) in [6.07, 6.45) is 1.92. The molecule has 0 unspecified atom stereocenters. The second-order valence-electron chi connectivity index (χ2n) is 7.51. The number of fused-ring (bicyclic) bond motifs is 1. The van der Waals surface area contributed by atoms with Gasteiger partial charge in [-0.25, -0.2) is 0 Å². The molecule has 3 aromatic heterocycles. The van der Waals surface area contributed by atoms with Gasteiger partial charge < -0.3 is 9.63 Å². The third-order valence-electron chi connectivity index (χ3n) is 5.06. The number of aliphatic hydroxyl groups excluding tert-OH is 1.